The Balaban J connectivity index is 1.72. The zero-order chi connectivity index (χ0) is 18.8. The van der Waals surface area contributed by atoms with Crippen molar-refractivity contribution in [2.45, 2.75) is 20.1 Å². The number of carbonyl (C=O) groups is 1. The molecule has 0 aliphatic carbocycles. The molecule has 0 unspecified atom stereocenters. The van der Waals surface area contributed by atoms with Gasteiger partial charge in [-0.3, -0.25) is 9.48 Å². The summed E-state index contributed by atoms with van der Waals surface area (Å²) in [6.45, 7) is 1.47. The molecule has 2 heterocycles. The predicted molar refractivity (Wildman–Crippen MR) is 94.0 cm³/mol. The van der Waals surface area contributed by atoms with Crippen LogP contribution in [0.5, 0.6) is 0 Å². The molecule has 0 fully saturated rings. The third kappa shape index (κ3) is 3.41. The maximum Gasteiger partial charge on any atom is 0.303 e. The standard InChI is InChI=1S/C19H15FN4O3/c1-12(25)26-11-17-21-22-19(27-17)18-14-7-3-5-9-16(14)24(23-18)10-13-6-2-4-8-15(13)20/h2-9H,10-11H2,1H3. The Hall–Kier alpha value is -3.55. The first-order chi connectivity index (χ1) is 13.1. The molecule has 4 rings (SSSR count). The van der Waals surface area contributed by atoms with E-state index in [2.05, 4.69) is 15.3 Å². The van der Waals surface area contributed by atoms with E-state index < -0.39 is 5.97 Å². The van der Waals surface area contributed by atoms with Gasteiger partial charge in [0.05, 0.1) is 12.1 Å². The topological polar surface area (TPSA) is 83.0 Å². The number of esters is 1. The van der Waals surface area contributed by atoms with Crippen molar-refractivity contribution in [2.24, 2.45) is 0 Å². The second-order valence-corrected chi connectivity index (χ2v) is 5.90. The van der Waals surface area contributed by atoms with Crippen molar-refractivity contribution >= 4 is 16.9 Å². The van der Waals surface area contributed by atoms with Gasteiger partial charge in [-0.1, -0.05) is 36.4 Å². The van der Waals surface area contributed by atoms with Gasteiger partial charge in [-0.2, -0.15) is 5.10 Å². The van der Waals surface area contributed by atoms with E-state index in [0.717, 1.165) is 10.9 Å². The fraction of sp³-hybridized carbons (Fsp3) is 0.158. The number of aromatic nitrogens is 4. The lowest BCUT2D eigenvalue weighted by Crippen LogP contribution is -2.03. The average Bonchev–Trinajstić information content (AvgIpc) is 3.27. The van der Waals surface area contributed by atoms with E-state index in [4.69, 9.17) is 9.15 Å². The van der Waals surface area contributed by atoms with E-state index in [1.807, 2.05) is 24.3 Å². The molecule has 2 aromatic carbocycles. The molecule has 4 aromatic rings. The van der Waals surface area contributed by atoms with Gasteiger partial charge in [0.2, 0.25) is 0 Å². The fourth-order valence-corrected chi connectivity index (χ4v) is 2.76. The minimum absolute atomic E-state index is 0.101. The minimum Gasteiger partial charge on any atom is -0.456 e. The number of rotatable bonds is 5. The smallest absolute Gasteiger partial charge is 0.303 e. The molecule has 0 saturated heterocycles. The lowest BCUT2D eigenvalue weighted by molar-refractivity contribution is -0.142. The van der Waals surface area contributed by atoms with Gasteiger partial charge < -0.3 is 9.15 Å². The van der Waals surface area contributed by atoms with Gasteiger partial charge in [-0.05, 0) is 12.1 Å². The quantitative estimate of drug-likeness (QED) is 0.504. The summed E-state index contributed by atoms with van der Waals surface area (Å²) in [5, 5.41) is 13.2. The second-order valence-electron chi connectivity index (χ2n) is 5.90. The third-order valence-corrected chi connectivity index (χ3v) is 4.00. The molecular weight excluding hydrogens is 351 g/mol. The van der Waals surface area contributed by atoms with Gasteiger partial charge in [0, 0.05) is 17.9 Å². The van der Waals surface area contributed by atoms with Crippen LogP contribution in [0.3, 0.4) is 0 Å². The van der Waals surface area contributed by atoms with E-state index in [-0.39, 0.29) is 30.8 Å². The molecule has 0 atom stereocenters. The van der Waals surface area contributed by atoms with Crippen molar-refractivity contribution < 1.29 is 18.3 Å². The van der Waals surface area contributed by atoms with E-state index in [1.165, 1.54) is 13.0 Å². The first-order valence-electron chi connectivity index (χ1n) is 8.27. The second kappa shape index (κ2) is 6.99. The maximum absolute atomic E-state index is 14.0. The van der Waals surface area contributed by atoms with Crippen LogP contribution in [0, 0.1) is 5.82 Å². The summed E-state index contributed by atoms with van der Waals surface area (Å²) in [5.74, 6) is -0.344. The zero-order valence-corrected chi connectivity index (χ0v) is 14.4. The van der Waals surface area contributed by atoms with E-state index in [0.29, 0.717) is 11.3 Å². The lowest BCUT2D eigenvalue weighted by Gasteiger charge is -2.04. The zero-order valence-electron chi connectivity index (χ0n) is 14.4. The molecule has 0 bridgehead atoms. The Bertz CT molecular complexity index is 1120. The van der Waals surface area contributed by atoms with E-state index in [9.17, 15) is 9.18 Å². The van der Waals surface area contributed by atoms with E-state index >= 15 is 0 Å². The summed E-state index contributed by atoms with van der Waals surface area (Å²) in [5.41, 5.74) is 1.83. The molecule has 2 aromatic heterocycles. The van der Waals surface area contributed by atoms with Crippen LogP contribution in [-0.2, 0) is 22.7 Å². The maximum atomic E-state index is 14.0. The Morgan fingerprint density at radius 2 is 1.93 bits per heavy atom. The lowest BCUT2D eigenvalue weighted by atomic mass is 10.2. The molecule has 0 amide bonds. The molecule has 136 valence electrons. The molecular formula is C19H15FN4O3. The van der Waals surface area contributed by atoms with Crippen molar-refractivity contribution in [3.63, 3.8) is 0 Å². The largest absolute Gasteiger partial charge is 0.456 e. The first-order valence-corrected chi connectivity index (χ1v) is 8.27. The summed E-state index contributed by atoms with van der Waals surface area (Å²) < 4.78 is 26.2. The minimum atomic E-state index is -0.436. The number of ether oxygens (including phenoxy) is 1. The van der Waals surface area contributed by atoms with Gasteiger partial charge in [0.1, 0.15) is 5.82 Å². The highest BCUT2D eigenvalue weighted by Gasteiger charge is 2.18. The van der Waals surface area contributed by atoms with Gasteiger partial charge in [0.25, 0.3) is 11.8 Å². The Labute approximate surface area is 153 Å². The molecule has 0 radical (unpaired) electrons. The van der Waals surface area contributed by atoms with Crippen molar-refractivity contribution in [2.75, 3.05) is 0 Å². The summed E-state index contributed by atoms with van der Waals surface area (Å²) in [6, 6.07) is 14.1. The number of hydrogen-bond donors (Lipinski definition) is 0. The SMILES string of the molecule is CC(=O)OCc1nnc(-c2nn(Cc3ccccc3F)c3ccccc23)o1. The Morgan fingerprint density at radius 3 is 2.74 bits per heavy atom. The Morgan fingerprint density at radius 1 is 1.15 bits per heavy atom. The molecule has 8 heteroatoms. The highest BCUT2D eigenvalue weighted by atomic mass is 19.1. The van der Waals surface area contributed by atoms with Crippen LogP contribution in [0.4, 0.5) is 4.39 Å². The van der Waals surface area contributed by atoms with Crippen molar-refractivity contribution in [1.29, 1.82) is 0 Å². The third-order valence-electron chi connectivity index (χ3n) is 4.00. The van der Waals surface area contributed by atoms with Gasteiger partial charge in [0.15, 0.2) is 12.3 Å². The van der Waals surface area contributed by atoms with Crippen LogP contribution in [-0.4, -0.2) is 25.9 Å². The van der Waals surface area contributed by atoms with Crippen molar-refractivity contribution in [3.05, 3.63) is 65.8 Å². The molecule has 7 nitrogen and oxygen atoms in total. The van der Waals surface area contributed by atoms with Gasteiger partial charge in [-0.15, -0.1) is 10.2 Å². The van der Waals surface area contributed by atoms with Crippen LogP contribution in [0.2, 0.25) is 0 Å². The van der Waals surface area contributed by atoms with Gasteiger partial charge in [-0.25, -0.2) is 4.39 Å². The molecule has 0 N–H and O–H groups in total. The monoisotopic (exact) mass is 366 g/mol. The Kier molecular flexibility index (Phi) is 4.37. The molecule has 0 spiro atoms. The molecule has 27 heavy (non-hydrogen) atoms. The fourth-order valence-electron chi connectivity index (χ4n) is 2.76. The molecule has 0 saturated carbocycles. The number of carbonyl (C=O) groups excluding carboxylic acids is 1. The predicted octanol–water partition coefficient (Wildman–Crippen LogP) is 3.34. The summed E-state index contributed by atoms with van der Waals surface area (Å²) in [4.78, 5) is 10.9. The van der Waals surface area contributed by atoms with Crippen LogP contribution < -0.4 is 0 Å². The normalized spacial score (nSPS) is 11.0. The molecule has 0 aliphatic heterocycles. The number of halogens is 1. The van der Waals surface area contributed by atoms with Gasteiger partial charge >= 0.3 is 5.97 Å². The van der Waals surface area contributed by atoms with Crippen molar-refractivity contribution in [3.8, 4) is 11.6 Å². The summed E-state index contributed by atoms with van der Waals surface area (Å²) in [6.07, 6.45) is 0. The number of hydrogen-bond acceptors (Lipinski definition) is 6. The number of nitrogens with zero attached hydrogens (tertiary/aromatic N) is 4. The highest BCUT2D eigenvalue weighted by Crippen LogP contribution is 2.28. The summed E-state index contributed by atoms with van der Waals surface area (Å²) in [7, 11) is 0. The average molecular weight is 366 g/mol. The first kappa shape index (κ1) is 16.9. The summed E-state index contributed by atoms with van der Waals surface area (Å²) >= 11 is 0. The van der Waals surface area contributed by atoms with Crippen molar-refractivity contribution in [1.82, 2.24) is 20.0 Å². The van der Waals surface area contributed by atoms with Crippen LogP contribution in [0.15, 0.2) is 52.9 Å². The molecule has 0 aliphatic rings. The number of benzene rings is 2. The number of fused-ring (bicyclic) bond motifs is 1. The van der Waals surface area contributed by atoms with E-state index in [1.54, 1.807) is 22.9 Å². The van der Waals surface area contributed by atoms with Crippen LogP contribution >= 0.6 is 0 Å². The van der Waals surface area contributed by atoms with Crippen LogP contribution in [0.25, 0.3) is 22.5 Å². The highest BCUT2D eigenvalue weighted by molar-refractivity contribution is 5.91. The van der Waals surface area contributed by atoms with Crippen LogP contribution in [0.1, 0.15) is 18.4 Å². The number of para-hydroxylation sites is 1.